The maximum absolute atomic E-state index is 12.1. The molecule has 2 rings (SSSR count). The fourth-order valence-corrected chi connectivity index (χ4v) is 3.11. The van der Waals surface area contributed by atoms with Gasteiger partial charge in [-0.2, -0.15) is 11.8 Å². The van der Waals surface area contributed by atoms with Gasteiger partial charge in [-0.25, -0.2) is 4.79 Å². The van der Waals surface area contributed by atoms with Crippen LogP contribution in [0.3, 0.4) is 0 Å². The first kappa shape index (κ1) is 28.2. The SMILES string of the molecule is CC(C)(C)[O-].CSCc1ccccc1N1CCN(C(=O)OC(C)(C)C)CC1.[K+]. The molecule has 7 heteroatoms. The minimum Gasteiger partial charge on any atom is -0.850 e. The van der Waals surface area contributed by atoms with Crippen molar-refractivity contribution in [3.8, 4) is 0 Å². The van der Waals surface area contributed by atoms with Crippen LogP contribution in [0.5, 0.6) is 0 Å². The zero-order chi connectivity index (χ0) is 20.7. The van der Waals surface area contributed by atoms with Crippen molar-refractivity contribution in [3.05, 3.63) is 29.8 Å². The second-order valence-corrected chi connectivity index (χ2v) is 9.49. The van der Waals surface area contributed by atoms with E-state index in [1.165, 1.54) is 11.3 Å². The number of ether oxygens (including phenoxy) is 1. The van der Waals surface area contributed by atoms with E-state index < -0.39 is 11.2 Å². The van der Waals surface area contributed by atoms with Crippen LogP contribution >= 0.6 is 11.8 Å². The zero-order valence-corrected chi connectivity index (χ0v) is 22.8. The molecule has 0 atom stereocenters. The predicted molar refractivity (Wildman–Crippen MR) is 113 cm³/mol. The molecule has 1 amide bonds. The van der Waals surface area contributed by atoms with Gasteiger partial charge in [0.2, 0.25) is 0 Å². The van der Waals surface area contributed by atoms with Crippen LogP contribution in [-0.2, 0) is 10.5 Å². The topological polar surface area (TPSA) is 55.8 Å². The Morgan fingerprint density at radius 3 is 2.04 bits per heavy atom. The van der Waals surface area contributed by atoms with Gasteiger partial charge in [0.25, 0.3) is 0 Å². The number of carbonyl (C=O) groups excluding carboxylic acids is 1. The zero-order valence-electron chi connectivity index (χ0n) is 18.9. The minimum absolute atomic E-state index is 0. The van der Waals surface area contributed by atoms with E-state index in [2.05, 4.69) is 35.4 Å². The van der Waals surface area contributed by atoms with Crippen LogP contribution in [0.15, 0.2) is 24.3 Å². The number of amides is 1. The quantitative estimate of drug-likeness (QED) is 0.658. The van der Waals surface area contributed by atoms with Crippen LogP contribution in [0.25, 0.3) is 0 Å². The smallest absolute Gasteiger partial charge is 0.850 e. The Balaban J connectivity index is 0.00000108. The van der Waals surface area contributed by atoms with Crippen molar-refractivity contribution in [2.24, 2.45) is 0 Å². The number of hydrogen-bond donors (Lipinski definition) is 0. The molecule has 1 saturated heterocycles. The van der Waals surface area contributed by atoms with Crippen molar-refractivity contribution >= 4 is 23.5 Å². The predicted octanol–water partition coefficient (Wildman–Crippen LogP) is 0.756. The second-order valence-electron chi connectivity index (χ2n) is 8.63. The summed E-state index contributed by atoms with van der Waals surface area (Å²) in [5, 5.41) is 10.1. The Morgan fingerprint density at radius 2 is 1.57 bits per heavy atom. The van der Waals surface area contributed by atoms with E-state index in [-0.39, 0.29) is 57.5 Å². The van der Waals surface area contributed by atoms with Crippen LogP contribution in [-0.4, -0.2) is 54.6 Å². The average molecular weight is 435 g/mol. The molecule has 0 bridgehead atoms. The number of anilines is 1. The Labute approximate surface area is 218 Å². The standard InChI is InChI=1S/C17H26N2O2S.C4H9O.K/c1-17(2,3)21-16(20)19-11-9-18(10-12-19)15-8-6-5-7-14(15)13-22-4;1-4(2,3)5;/h5-8H,9-13H2,1-4H3;1-3H3;/q;-1;+1. The van der Waals surface area contributed by atoms with Gasteiger partial charge in [0.1, 0.15) is 5.60 Å². The largest absolute Gasteiger partial charge is 1.00 e. The Morgan fingerprint density at radius 1 is 1.07 bits per heavy atom. The van der Waals surface area contributed by atoms with Crippen LogP contribution in [0, 0.1) is 0 Å². The number of thioether (sulfide) groups is 1. The van der Waals surface area contributed by atoms with Gasteiger partial charge < -0.3 is 19.6 Å². The van der Waals surface area contributed by atoms with E-state index in [1.807, 2.05) is 32.5 Å². The number of piperazine rings is 1. The molecule has 0 unspecified atom stereocenters. The van der Waals surface area contributed by atoms with Gasteiger partial charge in [0.15, 0.2) is 0 Å². The molecule has 28 heavy (non-hydrogen) atoms. The molecule has 0 radical (unpaired) electrons. The molecule has 1 aromatic rings. The van der Waals surface area contributed by atoms with Gasteiger partial charge in [0.05, 0.1) is 0 Å². The number of para-hydroxylation sites is 1. The fourth-order valence-electron chi connectivity index (χ4n) is 2.55. The normalized spacial score (nSPS) is 14.6. The van der Waals surface area contributed by atoms with E-state index in [0.717, 1.165) is 18.8 Å². The molecular formula is C21H35KN2O3S. The molecule has 1 aliphatic heterocycles. The van der Waals surface area contributed by atoms with Crippen molar-refractivity contribution in [3.63, 3.8) is 0 Å². The third-order valence-corrected chi connectivity index (χ3v) is 4.16. The Hall–Kier alpha value is 0.236. The summed E-state index contributed by atoms with van der Waals surface area (Å²) in [7, 11) is 0. The molecule has 5 nitrogen and oxygen atoms in total. The van der Waals surface area contributed by atoms with Crippen LogP contribution in [0.1, 0.15) is 47.1 Å². The summed E-state index contributed by atoms with van der Waals surface area (Å²) in [6.45, 7) is 13.7. The number of nitrogens with zero attached hydrogens (tertiary/aromatic N) is 2. The third kappa shape index (κ3) is 12.1. The van der Waals surface area contributed by atoms with E-state index in [9.17, 15) is 9.90 Å². The molecular weight excluding hydrogens is 399 g/mol. The molecule has 1 aliphatic rings. The van der Waals surface area contributed by atoms with Crippen molar-refractivity contribution in [1.29, 1.82) is 0 Å². The van der Waals surface area contributed by atoms with Crippen molar-refractivity contribution in [1.82, 2.24) is 4.90 Å². The summed E-state index contributed by atoms with van der Waals surface area (Å²) in [6.07, 6.45) is 1.92. The summed E-state index contributed by atoms with van der Waals surface area (Å²) in [4.78, 5) is 16.3. The average Bonchev–Trinajstić information content (AvgIpc) is 2.53. The minimum atomic E-state index is -0.750. The molecule has 1 fully saturated rings. The molecule has 0 N–H and O–H groups in total. The van der Waals surface area contributed by atoms with Crippen molar-refractivity contribution < 1.29 is 66.0 Å². The first-order valence-corrected chi connectivity index (χ1v) is 10.8. The number of carbonyl (C=O) groups is 1. The summed E-state index contributed by atoms with van der Waals surface area (Å²) in [5.41, 5.74) is 1.47. The van der Waals surface area contributed by atoms with E-state index in [1.54, 1.807) is 25.7 Å². The molecule has 0 saturated carbocycles. The van der Waals surface area contributed by atoms with Crippen LogP contribution in [0.4, 0.5) is 10.5 Å². The van der Waals surface area contributed by atoms with Crippen LogP contribution in [0.2, 0.25) is 0 Å². The Bertz CT molecular complexity index is 586. The number of benzene rings is 1. The second kappa shape index (κ2) is 12.8. The van der Waals surface area contributed by atoms with E-state index >= 15 is 0 Å². The van der Waals surface area contributed by atoms with Crippen molar-refractivity contribution in [2.75, 3.05) is 37.3 Å². The van der Waals surface area contributed by atoms with Crippen molar-refractivity contribution in [2.45, 2.75) is 58.5 Å². The van der Waals surface area contributed by atoms with E-state index in [4.69, 9.17) is 4.74 Å². The van der Waals surface area contributed by atoms with Gasteiger partial charge in [-0.3, -0.25) is 0 Å². The fraction of sp³-hybridized carbons (Fsp3) is 0.667. The monoisotopic (exact) mass is 434 g/mol. The summed E-state index contributed by atoms with van der Waals surface area (Å²) in [5.74, 6) is 1.02. The molecule has 0 aromatic heterocycles. The first-order valence-electron chi connectivity index (χ1n) is 9.41. The van der Waals surface area contributed by atoms with Crippen LogP contribution < -0.4 is 61.4 Å². The number of hydrogen-bond acceptors (Lipinski definition) is 5. The summed E-state index contributed by atoms with van der Waals surface area (Å²) in [6, 6.07) is 8.53. The molecule has 0 spiro atoms. The summed E-state index contributed by atoms with van der Waals surface area (Å²) >= 11 is 1.83. The Kier molecular flexibility index (Phi) is 12.9. The molecule has 1 aromatic carbocycles. The van der Waals surface area contributed by atoms with Gasteiger partial charge >= 0.3 is 57.5 Å². The molecule has 154 valence electrons. The maximum atomic E-state index is 12.1. The number of rotatable bonds is 3. The molecule has 1 heterocycles. The van der Waals surface area contributed by atoms with Gasteiger partial charge in [0, 0.05) is 37.6 Å². The molecule has 0 aliphatic carbocycles. The summed E-state index contributed by atoms with van der Waals surface area (Å²) < 4.78 is 5.45. The van der Waals surface area contributed by atoms with E-state index in [0.29, 0.717) is 13.1 Å². The maximum Gasteiger partial charge on any atom is 1.00 e. The van der Waals surface area contributed by atoms with Gasteiger partial charge in [-0.05, 0) is 38.7 Å². The van der Waals surface area contributed by atoms with Gasteiger partial charge in [-0.15, -0.1) is 5.60 Å². The van der Waals surface area contributed by atoms with Gasteiger partial charge in [-0.1, -0.05) is 39.0 Å². The first-order chi connectivity index (χ1) is 12.4. The third-order valence-electron chi connectivity index (χ3n) is 3.56.